The highest BCUT2D eigenvalue weighted by Gasteiger charge is 2.27. The summed E-state index contributed by atoms with van der Waals surface area (Å²) < 4.78 is 35.5. The van der Waals surface area contributed by atoms with Crippen molar-refractivity contribution in [3.8, 4) is 0 Å². The average Bonchev–Trinajstić information content (AvgIpc) is 2.53. The molecule has 2 N–H and O–H groups in total. The van der Waals surface area contributed by atoms with Crippen LogP contribution in [0, 0.1) is 0 Å². The number of nitrogens with one attached hydrogen (secondary N) is 2. The van der Waals surface area contributed by atoms with Crippen LogP contribution in [0.1, 0.15) is 13.8 Å². The largest absolute Gasteiger partial charge is 0.453 e. The lowest BCUT2D eigenvalue weighted by Crippen LogP contribution is -2.44. The summed E-state index contributed by atoms with van der Waals surface area (Å²) in [5.41, 5.74) is 0. The van der Waals surface area contributed by atoms with Gasteiger partial charge in [-0.3, -0.25) is 14.9 Å². The number of sulfonamides is 1. The normalized spacial score (nSPS) is 13.4. The van der Waals surface area contributed by atoms with E-state index in [2.05, 4.69) is 9.46 Å². The molecule has 0 bridgehead atoms. The number of ether oxygens (including phenoxy) is 2. The second-order valence-electron chi connectivity index (χ2n) is 4.86. The smallest absolute Gasteiger partial charge is 0.413 e. The first-order valence-electron chi connectivity index (χ1n) is 6.94. The van der Waals surface area contributed by atoms with E-state index in [1.807, 2.05) is 5.32 Å². The minimum absolute atomic E-state index is 0.129. The summed E-state index contributed by atoms with van der Waals surface area (Å²) in [4.78, 5) is 34.3. The Kier molecular flexibility index (Phi) is 7.34. The van der Waals surface area contributed by atoms with Crippen molar-refractivity contribution in [1.82, 2.24) is 10.0 Å². The third-order valence-corrected chi connectivity index (χ3v) is 4.64. The zero-order valence-electron chi connectivity index (χ0n) is 13.6. The van der Waals surface area contributed by atoms with E-state index in [1.165, 1.54) is 38.1 Å². The molecule has 2 atom stereocenters. The topological polar surface area (TPSA) is 128 Å². The summed E-state index contributed by atoms with van der Waals surface area (Å²) in [6, 6.07) is 4.18. The lowest BCUT2D eigenvalue weighted by molar-refractivity contribution is -0.155. The molecule has 0 saturated heterocycles. The molecule has 0 radical (unpaired) electrons. The molecule has 1 aromatic carbocycles. The summed E-state index contributed by atoms with van der Waals surface area (Å²) in [5, 5.41) is 2.04. The number of amides is 2. The van der Waals surface area contributed by atoms with Crippen LogP contribution in [-0.4, -0.2) is 45.6 Å². The average molecular weight is 393 g/mol. The van der Waals surface area contributed by atoms with Gasteiger partial charge in [-0.2, -0.15) is 4.72 Å². The second kappa shape index (κ2) is 8.79. The third kappa shape index (κ3) is 6.33. The second-order valence-corrected chi connectivity index (χ2v) is 7.01. The minimum atomic E-state index is -4.02. The van der Waals surface area contributed by atoms with Crippen molar-refractivity contribution in [3.63, 3.8) is 0 Å². The number of halogens is 1. The molecule has 9 nitrogen and oxygen atoms in total. The van der Waals surface area contributed by atoms with Crippen molar-refractivity contribution in [2.45, 2.75) is 30.9 Å². The van der Waals surface area contributed by atoms with Crippen LogP contribution in [0.4, 0.5) is 4.79 Å². The zero-order chi connectivity index (χ0) is 19.2. The van der Waals surface area contributed by atoms with E-state index in [0.29, 0.717) is 0 Å². The van der Waals surface area contributed by atoms with Crippen LogP contribution in [0.2, 0.25) is 5.02 Å². The predicted octanol–water partition coefficient (Wildman–Crippen LogP) is 0.821. The number of methoxy groups -OCH3 is 1. The molecule has 25 heavy (non-hydrogen) atoms. The fourth-order valence-electron chi connectivity index (χ4n) is 1.57. The number of rotatable bonds is 6. The third-order valence-electron chi connectivity index (χ3n) is 2.86. The highest BCUT2D eigenvalue weighted by atomic mass is 35.5. The Morgan fingerprint density at radius 2 is 1.84 bits per heavy atom. The van der Waals surface area contributed by atoms with Crippen molar-refractivity contribution < 1.29 is 32.3 Å². The summed E-state index contributed by atoms with van der Waals surface area (Å²) in [6.45, 7) is 2.46. The lowest BCUT2D eigenvalue weighted by atomic mass is 10.3. The molecule has 1 rings (SSSR count). The van der Waals surface area contributed by atoms with Gasteiger partial charge in [-0.1, -0.05) is 17.7 Å². The van der Waals surface area contributed by atoms with E-state index in [4.69, 9.17) is 16.3 Å². The maximum atomic E-state index is 12.2. The molecule has 1 aromatic rings. The van der Waals surface area contributed by atoms with Crippen molar-refractivity contribution >= 4 is 39.6 Å². The molecule has 2 amide bonds. The lowest BCUT2D eigenvalue weighted by Gasteiger charge is -2.17. The number of carbonyl (C=O) groups is 3. The van der Waals surface area contributed by atoms with E-state index in [-0.39, 0.29) is 9.92 Å². The predicted molar refractivity (Wildman–Crippen MR) is 87.3 cm³/mol. The Morgan fingerprint density at radius 3 is 2.40 bits per heavy atom. The van der Waals surface area contributed by atoms with E-state index < -0.39 is 40.1 Å². The number of alkyl carbamates (subject to hydrolysis) is 1. The first kappa shape index (κ1) is 20.9. The van der Waals surface area contributed by atoms with E-state index in [0.717, 1.165) is 7.11 Å². The SMILES string of the molecule is COC(=O)NC(=O)[C@@H](C)OC(=O)[C@H](C)NS(=O)(=O)c1cccc(Cl)c1. The summed E-state index contributed by atoms with van der Waals surface area (Å²) in [6.07, 6.45) is -2.34. The zero-order valence-corrected chi connectivity index (χ0v) is 15.2. The van der Waals surface area contributed by atoms with Gasteiger partial charge in [-0.05, 0) is 32.0 Å². The molecule has 138 valence electrons. The van der Waals surface area contributed by atoms with Gasteiger partial charge >= 0.3 is 12.1 Å². The molecule has 0 unspecified atom stereocenters. The Balaban J connectivity index is 2.70. The molecule has 0 aromatic heterocycles. The maximum absolute atomic E-state index is 12.2. The van der Waals surface area contributed by atoms with Gasteiger partial charge < -0.3 is 9.47 Å². The molecule has 0 aliphatic carbocycles. The van der Waals surface area contributed by atoms with Crippen LogP contribution in [0.5, 0.6) is 0 Å². The molecule has 11 heteroatoms. The highest BCUT2D eigenvalue weighted by Crippen LogP contribution is 2.15. The van der Waals surface area contributed by atoms with Gasteiger partial charge in [-0.25, -0.2) is 13.2 Å². The minimum Gasteiger partial charge on any atom is -0.453 e. The summed E-state index contributed by atoms with van der Waals surface area (Å²) in [5.74, 6) is -1.91. The van der Waals surface area contributed by atoms with E-state index in [9.17, 15) is 22.8 Å². The van der Waals surface area contributed by atoms with Gasteiger partial charge in [0, 0.05) is 5.02 Å². The molecule has 0 saturated carbocycles. The van der Waals surface area contributed by atoms with Crippen LogP contribution in [-0.2, 0) is 29.1 Å². The van der Waals surface area contributed by atoms with Crippen LogP contribution in [0.25, 0.3) is 0 Å². The number of imide groups is 1. The van der Waals surface area contributed by atoms with Gasteiger partial charge in [0.1, 0.15) is 6.04 Å². The fourth-order valence-corrected chi connectivity index (χ4v) is 3.06. The van der Waals surface area contributed by atoms with Gasteiger partial charge in [0.05, 0.1) is 12.0 Å². The van der Waals surface area contributed by atoms with Crippen molar-refractivity contribution in [2.24, 2.45) is 0 Å². The Hall–Kier alpha value is -2.17. The first-order chi connectivity index (χ1) is 11.6. The van der Waals surface area contributed by atoms with Crippen LogP contribution < -0.4 is 10.0 Å². The van der Waals surface area contributed by atoms with Gasteiger partial charge in [-0.15, -0.1) is 0 Å². The Bertz CT molecular complexity index is 766. The number of hydrogen-bond donors (Lipinski definition) is 2. The summed E-state index contributed by atoms with van der Waals surface area (Å²) in [7, 11) is -2.95. The standard InChI is InChI=1S/C14H17ClN2O7S/c1-8(13(19)24-9(2)12(18)16-14(20)23-3)17-25(21,22)11-6-4-5-10(15)7-11/h4-9,17H,1-3H3,(H,16,18,20)/t8-,9+/m0/s1. The molecule has 0 aliphatic heterocycles. The van der Waals surface area contributed by atoms with Crippen molar-refractivity contribution in [3.05, 3.63) is 29.3 Å². The molecule has 0 spiro atoms. The van der Waals surface area contributed by atoms with Gasteiger partial charge in [0.15, 0.2) is 6.10 Å². The van der Waals surface area contributed by atoms with E-state index >= 15 is 0 Å². The summed E-state index contributed by atoms with van der Waals surface area (Å²) >= 11 is 5.74. The van der Waals surface area contributed by atoms with Crippen LogP contribution in [0.15, 0.2) is 29.2 Å². The first-order valence-corrected chi connectivity index (χ1v) is 8.80. The number of hydrogen-bond acceptors (Lipinski definition) is 7. The monoisotopic (exact) mass is 392 g/mol. The number of carbonyl (C=O) groups excluding carboxylic acids is 3. The maximum Gasteiger partial charge on any atom is 0.413 e. The van der Waals surface area contributed by atoms with Crippen molar-refractivity contribution in [1.29, 1.82) is 0 Å². The molecular formula is C14H17ClN2O7S. The number of benzene rings is 1. The van der Waals surface area contributed by atoms with Gasteiger partial charge in [0.25, 0.3) is 5.91 Å². The van der Waals surface area contributed by atoms with Crippen molar-refractivity contribution in [2.75, 3.05) is 7.11 Å². The highest BCUT2D eigenvalue weighted by molar-refractivity contribution is 7.89. The molecule has 0 aliphatic rings. The molecular weight excluding hydrogens is 376 g/mol. The fraction of sp³-hybridized carbons (Fsp3) is 0.357. The van der Waals surface area contributed by atoms with Crippen LogP contribution in [0.3, 0.4) is 0 Å². The number of esters is 1. The van der Waals surface area contributed by atoms with Crippen LogP contribution >= 0.6 is 11.6 Å². The Morgan fingerprint density at radius 1 is 1.20 bits per heavy atom. The Labute approximate surface area is 149 Å². The molecule has 0 fully saturated rings. The van der Waals surface area contributed by atoms with E-state index in [1.54, 1.807) is 0 Å². The quantitative estimate of drug-likeness (QED) is 0.686. The molecule has 0 heterocycles. The van der Waals surface area contributed by atoms with Gasteiger partial charge in [0.2, 0.25) is 10.0 Å².